The summed E-state index contributed by atoms with van der Waals surface area (Å²) in [5, 5.41) is 6.57. The summed E-state index contributed by atoms with van der Waals surface area (Å²) in [7, 11) is 1.62. The normalized spacial score (nSPS) is 21.3. The Morgan fingerprint density at radius 2 is 2.04 bits per heavy atom. The van der Waals surface area contributed by atoms with Crippen molar-refractivity contribution in [2.24, 2.45) is 0 Å². The Morgan fingerprint density at radius 3 is 2.74 bits per heavy atom. The van der Waals surface area contributed by atoms with Crippen LogP contribution >= 0.6 is 0 Å². The molecule has 0 aliphatic heterocycles. The monoisotopic (exact) mass is 317 g/mol. The van der Waals surface area contributed by atoms with E-state index in [9.17, 15) is 4.79 Å². The first-order chi connectivity index (χ1) is 11.1. The molecular formula is C17H23N3O3. The Morgan fingerprint density at radius 1 is 1.30 bits per heavy atom. The lowest BCUT2D eigenvalue weighted by Crippen LogP contribution is -2.39. The second kappa shape index (κ2) is 7.00. The number of ether oxygens (including phenoxy) is 1. The van der Waals surface area contributed by atoms with Crippen molar-refractivity contribution in [3.05, 3.63) is 24.1 Å². The third kappa shape index (κ3) is 4.01. The Balaban J connectivity index is 1.60. The highest BCUT2D eigenvalue weighted by molar-refractivity contribution is 5.77. The summed E-state index contributed by atoms with van der Waals surface area (Å²) in [6, 6.07) is 6.72. The van der Waals surface area contributed by atoms with Crippen LogP contribution in [0.15, 0.2) is 22.6 Å². The van der Waals surface area contributed by atoms with Gasteiger partial charge in [0, 0.05) is 31.8 Å². The van der Waals surface area contributed by atoms with Crippen LogP contribution in [-0.4, -0.2) is 30.1 Å². The number of benzene rings is 1. The molecule has 0 bridgehead atoms. The van der Waals surface area contributed by atoms with Crippen LogP contribution in [0.5, 0.6) is 0 Å². The molecule has 1 saturated carbocycles. The highest BCUT2D eigenvalue weighted by Gasteiger charge is 2.21. The standard InChI is InChI=1S/C17H23N3O3/c1-11(21)18-12-3-5-13(6-4-12)19-14-7-8-16-15(9-14)20-17(23-16)10-22-2/h7-9,12-13,19H,3-6,10H2,1-2H3,(H,18,21). The minimum Gasteiger partial charge on any atom is -0.438 e. The smallest absolute Gasteiger partial charge is 0.221 e. The number of amides is 1. The summed E-state index contributed by atoms with van der Waals surface area (Å²) >= 11 is 0. The van der Waals surface area contributed by atoms with Crippen molar-refractivity contribution in [1.82, 2.24) is 10.3 Å². The number of rotatable bonds is 5. The van der Waals surface area contributed by atoms with Crippen LogP contribution in [0.4, 0.5) is 5.69 Å². The summed E-state index contributed by atoms with van der Waals surface area (Å²) in [5.41, 5.74) is 2.67. The van der Waals surface area contributed by atoms with Crippen LogP contribution in [0.3, 0.4) is 0 Å². The van der Waals surface area contributed by atoms with E-state index in [-0.39, 0.29) is 5.91 Å². The van der Waals surface area contributed by atoms with E-state index in [1.807, 2.05) is 18.2 Å². The van der Waals surface area contributed by atoms with E-state index in [0.29, 0.717) is 24.6 Å². The van der Waals surface area contributed by atoms with Crippen LogP contribution in [0, 0.1) is 0 Å². The number of carbonyl (C=O) groups is 1. The van der Waals surface area contributed by atoms with Gasteiger partial charge in [-0.15, -0.1) is 0 Å². The van der Waals surface area contributed by atoms with Crippen molar-refractivity contribution < 1.29 is 13.9 Å². The lowest BCUT2D eigenvalue weighted by Gasteiger charge is -2.30. The molecule has 6 heteroatoms. The fourth-order valence-corrected chi connectivity index (χ4v) is 3.16. The van der Waals surface area contributed by atoms with E-state index < -0.39 is 0 Å². The van der Waals surface area contributed by atoms with Gasteiger partial charge in [0.05, 0.1) is 0 Å². The lowest BCUT2D eigenvalue weighted by atomic mass is 9.91. The Kier molecular flexibility index (Phi) is 4.81. The maximum atomic E-state index is 11.1. The van der Waals surface area contributed by atoms with Gasteiger partial charge in [-0.3, -0.25) is 4.79 Å². The first-order valence-corrected chi connectivity index (χ1v) is 8.06. The molecule has 0 spiro atoms. The molecule has 1 aliphatic carbocycles. The molecule has 0 unspecified atom stereocenters. The average molecular weight is 317 g/mol. The van der Waals surface area contributed by atoms with Crippen LogP contribution < -0.4 is 10.6 Å². The SMILES string of the molecule is COCc1nc2cc(NC3CCC(NC(C)=O)CC3)ccc2o1. The number of anilines is 1. The molecule has 124 valence electrons. The van der Waals surface area contributed by atoms with Gasteiger partial charge in [0.1, 0.15) is 12.1 Å². The molecule has 2 aromatic rings. The minimum absolute atomic E-state index is 0.0600. The number of nitrogens with zero attached hydrogens (tertiary/aromatic N) is 1. The van der Waals surface area contributed by atoms with Gasteiger partial charge < -0.3 is 19.8 Å². The molecule has 2 N–H and O–H groups in total. The molecule has 0 saturated heterocycles. The molecule has 1 aliphatic rings. The van der Waals surface area contributed by atoms with E-state index in [1.54, 1.807) is 14.0 Å². The van der Waals surface area contributed by atoms with Gasteiger partial charge in [-0.05, 0) is 43.9 Å². The minimum atomic E-state index is 0.0600. The molecule has 1 aromatic carbocycles. The second-order valence-electron chi connectivity index (χ2n) is 6.12. The number of hydrogen-bond donors (Lipinski definition) is 2. The van der Waals surface area contributed by atoms with Gasteiger partial charge in [0.25, 0.3) is 0 Å². The van der Waals surface area contributed by atoms with E-state index in [1.165, 1.54) is 0 Å². The van der Waals surface area contributed by atoms with E-state index in [0.717, 1.165) is 42.5 Å². The first-order valence-electron chi connectivity index (χ1n) is 8.06. The number of methoxy groups -OCH3 is 1. The van der Waals surface area contributed by atoms with Crippen molar-refractivity contribution in [2.45, 2.75) is 51.3 Å². The van der Waals surface area contributed by atoms with Gasteiger partial charge in [0.15, 0.2) is 5.58 Å². The van der Waals surface area contributed by atoms with Crippen molar-refractivity contribution in [3.63, 3.8) is 0 Å². The third-order valence-electron chi connectivity index (χ3n) is 4.21. The number of oxazole rings is 1. The fraction of sp³-hybridized carbons (Fsp3) is 0.529. The van der Waals surface area contributed by atoms with E-state index in [2.05, 4.69) is 15.6 Å². The average Bonchev–Trinajstić information content (AvgIpc) is 2.91. The lowest BCUT2D eigenvalue weighted by molar-refractivity contribution is -0.119. The number of nitrogens with one attached hydrogen (secondary N) is 2. The summed E-state index contributed by atoms with van der Waals surface area (Å²) in [5.74, 6) is 0.653. The van der Waals surface area contributed by atoms with Gasteiger partial charge in [-0.25, -0.2) is 4.98 Å². The van der Waals surface area contributed by atoms with Crippen LogP contribution in [-0.2, 0) is 16.1 Å². The zero-order valence-corrected chi connectivity index (χ0v) is 13.6. The van der Waals surface area contributed by atoms with Gasteiger partial charge in [-0.2, -0.15) is 0 Å². The third-order valence-corrected chi connectivity index (χ3v) is 4.21. The van der Waals surface area contributed by atoms with Crippen LogP contribution in [0.1, 0.15) is 38.5 Å². The summed E-state index contributed by atoms with van der Waals surface area (Å²) in [6.07, 6.45) is 4.14. The predicted octanol–water partition coefficient (Wildman–Crippen LogP) is 2.83. The predicted molar refractivity (Wildman–Crippen MR) is 88.2 cm³/mol. The van der Waals surface area contributed by atoms with E-state index >= 15 is 0 Å². The highest BCUT2D eigenvalue weighted by atomic mass is 16.5. The molecular weight excluding hydrogens is 294 g/mol. The molecule has 1 amide bonds. The molecule has 1 aromatic heterocycles. The zero-order chi connectivity index (χ0) is 16.2. The molecule has 6 nitrogen and oxygen atoms in total. The zero-order valence-electron chi connectivity index (χ0n) is 13.6. The largest absolute Gasteiger partial charge is 0.438 e. The Labute approximate surface area is 135 Å². The van der Waals surface area contributed by atoms with Crippen molar-refractivity contribution in [1.29, 1.82) is 0 Å². The van der Waals surface area contributed by atoms with Gasteiger partial charge in [0.2, 0.25) is 11.8 Å². The first kappa shape index (κ1) is 15.8. The number of aromatic nitrogens is 1. The molecule has 0 atom stereocenters. The van der Waals surface area contributed by atoms with Gasteiger partial charge >= 0.3 is 0 Å². The number of hydrogen-bond acceptors (Lipinski definition) is 5. The van der Waals surface area contributed by atoms with Gasteiger partial charge in [-0.1, -0.05) is 0 Å². The molecule has 3 rings (SSSR count). The molecule has 0 radical (unpaired) electrons. The second-order valence-corrected chi connectivity index (χ2v) is 6.12. The number of fused-ring (bicyclic) bond motifs is 1. The van der Waals surface area contributed by atoms with Crippen LogP contribution in [0.25, 0.3) is 11.1 Å². The highest BCUT2D eigenvalue weighted by Crippen LogP contribution is 2.25. The van der Waals surface area contributed by atoms with E-state index in [4.69, 9.17) is 9.15 Å². The fourth-order valence-electron chi connectivity index (χ4n) is 3.16. The summed E-state index contributed by atoms with van der Waals surface area (Å²) < 4.78 is 10.6. The Bertz CT molecular complexity index is 675. The Hall–Kier alpha value is -2.08. The molecule has 23 heavy (non-hydrogen) atoms. The maximum Gasteiger partial charge on any atom is 0.221 e. The molecule has 1 fully saturated rings. The maximum absolute atomic E-state index is 11.1. The number of carbonyl (C=O) groups excluding carboxylic acids is 1. The molecule has 1 heterocycles. The topological polar surface area (TPSA) is 76.4 Å². The quantitative estimate of drug-likeness (QED) is 0.887. The van der Waals surface area contributed by atoms with Crippen molar-refractivity contribution in [2.75, 3.05) is 12.4 Å². The van der Waals surface area contributed by atoms with Crippen LogP contribution in [0.2, 0.25) is 0 Å². The van der Waals surface area contributed by atoms with Crippen molar-refractivity contribution >= 4 is 22.7 Å². The summed E-state index contributed by atoms with van der Waals surface area (Å²) in [6.45, 7) is 1.96. The summed E-state index contributed by atoms with van der Waals surface area (Å²) in [4.78, 5) is 15.5. The van der Waals surface area contributed by atoms with Crippen molar-refractivity contribution in [3.8, 4) is 0 Å².